The zero-order valence-electron chi connectivity index (χ0n) is 22.9. The molecule has 2 aliphatic rings. The van der Waals surface area contributed by atoms with Crippen LogP contribution in [0.1, 0.15) is 113 Å². The smallest absolute Gasteiger partial charge is 0.306 e. The highest BCUT2D eigenvalue weighted by molar-refractivity contribution is 6.84. The molecule has 0 bridgehead atoms. The average Bonchev–Trinajstić information content (AvgIpc) is 3.05. The predicted molar refractivity (Wildman–Crippen MR) is 139 cm³/mol. The summed E-state index contributed by atoms with van der Waals surface area (Å²) in [4.78, 5) is 13.5. The van der Waals surface area contributed by atoms with Crippen LogP contribution in [0.4, 0.5) is 0 Å². The maximum absolute atomic E-state index is 13.5. The summed E-state index contributed by atoms with van der Waals surface area (Å²) in [5.41, 5.74) is -0.440. The first kappa shape index (κ1) is 27.9. The van der Waals surface area contributed by atoms with Crippen molar-refractivity contribution in [3.8, 4) is 0 Å². The number of aliphatic hydroxyl groups is 1. The first-order valence-electron chi connectivity index (χ1n) is 13.6. The average molecular weight is 467 g/mol. The lowest BCUT2D eigenvalue weighted by molar-refractivity contribution is -0.147. The van der Waals surface area contributed by atoms with Crippen molar-refractivity contribution in [3.63, 3.8) is 0 Å². The summed E-state index contributed by atoms with van der Waals surface area (Å²) in [6.45, 7) is 20.7. The lowest BCUT2D eigenvalue weighted by Crippen LogP contribution is -2.49. The molecule has 2 saturated carbocycles. The van der Waals surface area contributed by atoms with Crippen molar-refractivity contribution in [2.75, 3.05) is 6.61 Å². The summed E-state index contributed by atoms with van der Waals surface area (Å²) in [5, 5.41) is 11.2. The monoisotopic (exact) mass is 466 g/mol. The van der Waals surface area contributed by atoms with Crippen molar-refractivity contribution >= 4 is 14.0 Å². The normalized spacial score (nSPS) is 28.8. The Morgan fingerprint density at radius 1 is 1.12 bits per heavy atom. The van der Waals surface area contributed by atoms with Crippen LogP contribution in [0.2, 0.25) is 23.7 Å². The minimum atomic E-state index is -2.02. The van der Waals surface area contributed by atoms with E-state index in [4.69, 9.17) is 4.74 Å². The molecule has 4 heteroatoms. The van der Waals surface area contributed by atoms with Gasteiger partial charge in [0.05, 0.1) is 25.8 Å². The number of carbonyl (C=O) groups is 1. The number of hydrogen-bond donors (Lipinski definition) is 1. The molecule has 0 spiro atoms. The third kappa shape index (κ3) is 6.01. The Balaban J connectivity index is 2.04. The van der Waals surface area contributed by atoms with E-state index in [1.807, 2.05) is 13.8 Å². The molecule has 32 heavy (non-hydrogen) atoms. The summed E-state index contributed by atoms with van der Waals surface area (Å²) in [6.07, 6.45) is 11.4. The summed E-state index contributed by atoms with van der Waals surface area (Å²) in [5.74, 6) is 2.04. The highest BCUT2D eigenvalue weighted by Crippen LogP contribution is 2.57. The van der Waals surface area contributed by atoms with E-state index in [-0.39, 0.29) is 16.5 Å². The van der Waals surface area contributed by atoms with Crippen LogP contribution in [0.3, 0.4) is 0 Å². The molecule has 0 aromatic carbocycles. The standard InChI is InChI=1S/C28H54O3Si/c1-10-28(30,11-2)19-24(32(8,9)26(4,5)6)25(29)31-20-21(3)18-23-16-15-22-14-12-13-17-27(22,23)7/h21-24,30H,10-20H2,1-9H3. The molecule has 3 nitrogen and oxygen atoms in total. The number of esters is 1. The quantitative estimate of drug-likeness (QED) is 0.262. The molecule has 0 radical (unpaired) electrons. The van der Waals surface area contributed by atoms with Gasteiger partial charge in [-0.1, -0.05) is 74.4 Å². The second-order valence-corrected chi connectivity index (χ2v) is 19.0. The Labute approximate surface area is 200 Å². The second kappa shape index (κ2) is 10.5. The maximum atomic E-state index is 13.5. The lowest BCUT2D eigenvalue weighted by atomic mass is 9.64. The number of fused-ring (bicyclic) bond motifs is 1. The van der Waals surface area contributed by atoms with E-state index in [0.717, 1.165) is 11.8 Å². The van der Waals surface area contributed by atoms with Gasteiger partial charge in [0.2, 0.25) is 0 Å². The number of ether oxygens (including phenoxy) is 1. The van der Waals surface area contributed by atoms with E-state index in [9.17, 15) is 9.90 Å². The van der Waals surface area contributed by atoms with Crippen molar-refractivity contribution in [1.29, 1.82) is 0 Å². The minimum Gasteiger partial charge on any atom is -0.465 e. The highest BCUT2D eigenvalue weighted by Gasteiger charge is 2.50. The van der Waals surface area contributed by atoms with E-state index in [0.29, 0.717) is 37.2 Å². The molecule has 0 heterocycles. The molecule has 2 rings (SSSR count). The third-order valence-corrected chi connectivity index (χ3v) is 16.5. The van der Waals surface area contributed by atoms with Gasteiger partial charge in [-0.3, -0.25) is 4.79 Å². The van der Waals surface area contributed by atoms with Crippen LogP contribution >= 0.6 is 0 Å². The molecule has 0 amide bonds. The van der Waals surface area contributed by atoms with Crippen molar-refractivity contribution in [3.05, 3.63) is 0 Å². The van der Waals surface area contributed by atoms with Crippen LogP contribution < -0.4 is 0 Å². The maximum Gasteiger partial charge on any atom is 0.306 e. The van der Waals surface area contributed by atoms with E-state index in [2.05, 4.69) is 47.7 Å². The Morgan fingerprint density at radius 2 is 1.75 bits per heavy atom. The number of carbonyl (C=O) groups excluding carboxylic acids is 1. The minimum absolute atomic E-state index is 0.0584. The van der Waals surface area contributed by atoms with Crippen LogP contribution in [-0.2, 0) is 9.53 Å². The van der Waals surface area contributed by atoms with Crippen LogP contribution in [0, 0.1) is 23.2 Å². The van der Waals surface area contributed by atoms with Crippen LogP contribution in [-0.4, -0.2) is 31.4 Å². The topological polar surface area (TPSA) is 46.5 Å². The van der Waals surface area contributed by atoms with Gasteiger partial charge in [0.1, 0.15) is 0 Å². The third-order valence-electron chi connectivity index (χ3n) is 10.4. The number of hydrogen-bond acceptors (Lipinski definition) is 3. The van der Waals surface area contributed by atoms with Crippen molar-refractivity contribution in [2.24, 2.45) is 23.2 Å². The molecule has 1 N–H and O–H groups in total. The Bertz CT molecular complexity index is 619. The highest BCUT2D eigenvalue weighted by atomic mass is 28.3. The fourth-order valence-corrected chi connectivity index (χ4v) is 9.12. The lowest BCUT2D eigenvalue weighted by Gasteiger charge is -2.44. The number of rotatable bonds is 10. The van der Waals surface area contributed by atoms with Crippen LogP contribution in [0.25, 0.3) is 0 Å². The zero-order valence-corrected chi connectivity index (χ0v) is 23.9. The molecular weight excluding hydrogens is 412 g/mol. The predicted octanol–water partition coefficient (Wildman–Crippen LogP) is 7.98. The first-order chi connectivity index (χ1) is 14.7. The zero-order chi connectivity index (χ0) is 24.4. The molecule has 0 aromatic heterocycles. The van der Waals surface area contributed by atoms with E-state index >= 15 is 0 Å². The van der Waals surface area contributed by atoms with Gasteiger partial charge in [0.15, 0.2) is 0 Å². The fraction of sp³-hybridized carbons (Fsp3) is 0.964. The van der Waals surface area contributed by atoms with Crippen LogP contribution in [0.15, 0.2) is 0 Å². The Morgan fingerprint density at radius 3 is 2.31 bits per heavy atom. The Hall–Kier alpha value is -0.353. The SMILES string of the molecule is CCC(O)(CC)CC(C(=O)OCC(C)CC1CCC2CCCCC21C)[Si](C)(C)C(C)(C)C. The molecular formula is C28H54O3Si. The molecule has 188 valence electrons. The molecule has 2 fully saturated rings. The van der Waals surface area contributed by atoms with Gasteiger partial charge >= 0.3 is 5.97 Å². The van der Waals surface area contributed by atoms with Gasteiger partial charge in [-0.25, -0.2) is 0 Å². The largest absolute Gasteiger partial charge is 0.465 e. The fourth-order valence-electron chi connectivity index (χ4n) is 6.51. The molecule has 5 atom stereocenters. The summed E-state index contributed by atoms with van der Waals surface area (Å²) >= 11 is 0. The second-order valence-electron chi connectivity index (χ2n) is 13.4. The summed E-state index contributed by atoms with van der Waals surface area (Å²) in [7, 11) is -2.02. The summed E-state index contributed by atoms with van der Waals surface area (Å²) < 4.78 is 6.05. The van der Waals surface area contributed by atoms with E-state index in [1.54, 1.807) is 0 Å². The first-order valence-corrected chi connectivity index (χ1v) is 16.7. The van der Waals surface area contributed by atoms with Gasteiger partial charge in [0.25, 0.3) is 0 Å². The molecule has 5 unspecified atom stereocenters. The molecule has 2 aliphatic carbocycles. The molecule has 0 aliphatic heterocycles. The van der Waals surface area contributed by atoms with Gasteiger partial charge in [-0.2, -0.15) is 0 Å². The van der Waals surface area contributed by atoms with Crippen molar-refractivity contribution < 1.29 is 14.6 Å². The summed E-state index contributed by atoms with van der Waals surface area (Å²) in [6, 6.07) is 0. The van der Waals surface area contributed by atoms with Gasteiger partial charge in [0, 0.05) is 0 Å². The van der Waals surface area contributed by atoms with Crippen molar-refractivity contribution in [1.82, 2.24) is 0 Å². The van der Waals surface area contributed by atoms with Gasteiger partial charge in [-0.05, 0) is 79.6 Å². The van der Waals surface area contributed by atoms with Crippen molar-refractivity contribution in [2.45, 2.75) is 142 Å². The van der Waals surface area contributed by atoms with Gasteiger partial charge < -0.3 is 9.84 Å². The Kier molecular flexibility index (Phi) is 9.15. The van der Waals surface area contributed by atoms with E-state index in [1.165, 1.54) is 44.9 Å². The van der Waals surface area contributed by atoms with Crippen LogP contribution in [0.5, 0.6) is 0 Å². The molecule has 0 saturated heterocycles. The molecule has 0 aromatic rings. The van der Waals surface area contributed by atoms with E-state index < -0.39 is 13.7 Å². The van der Waals surface area contributed by atoms with Gasteiger partial charge in [-0.15, -0.1) is 0 Å².